The van der Waals surface area contributed by atoms with E-state index in [-0.39, 0.29) is 52.4 Å². The van der Waals surface area contributed by atoms with Crippen molar-refractivity contribution in [3.63, 3.8) is 0 Å². The summed E-state index contributed by atoms with van der Waals surface area (Å²) in [4.78, 5) is 0. The number of aliphatic hydroxyl groups excluding tert-OH is 17. The number of hydrogen-bond donors (Lipinski definition) is 17. The highest BCUT2D eigenvalue weighted by atomic mass is 16.8. The van der Waals surface area contributed by atoms with E-state index < -0.39 is 205 Å². The summed E-state index contributed by atoms with van der Waals surface area (Å²) in [6, 6.07) is 0. The molecule has 29 nitrogen and oxygen atoms in total. The molecule has 1 spiro atoms. The third-order valence-electron chi connectivity index (χ3n) is 22.2. The number of hydrogen-bond acceptors (Lipinski definition) is 29. The molecule has 0 unspecified atom stereocenters. The van der Waals surface area contributed by atoms with E-state index in [4.69, 9.17) is 56.8 Å². The molecule has 0 amide bonds. The van der Waals surface area contributed by atoms with Crippen LogP contribution in [0.25, 0.3) is 0 Å². The zero-order chi connectivity index (χ0) is 61.1. The van der Waals surface area contributed by atoms with Gasteiger partial charge in [0.1, 0.15) is 116 Å². The molecular weight excluding hydrogens is 1140 g/mol. The van der Waals surface area contributed by atoms with Crippen molar-refractivity contribution in [1.82, 2.24) is 0 Å². The highest BCUT2D eigenvalue weighted by Gasteiger charge is 2.73. The van der Waals surface area contributed by atoms with E-state index in [1.54, 1.807) is 0 Å². The van der Waals surface area contributed by atoms with Crippen LogP contribution < -0.4 is 0 Å². The molecular formula is C56H92O29. The number of fused-ring (bicyclic) bond motifs is 7. The Hall–Kier alpha value is -1.16. The first-order valence-corrected chi connectivity index (χ1v) is 30.5. The average molecular weight is 1230 g/mol. The lowest BCUT2D eigenvalue weighted by Gasteiger charge is -2.62. The van der Waals surface area contributed by atoms with Crippen molar-refractivity contribution in [2.45, 2.75) is 257 Å². The molecule has 17 N–H and O–H groups in total. The van der Waals surface area contributed by atoms with Gasteiger partial charge >= 0.3 is 0 Å². The molecule has 0 radical (unpaired) electrons. The first-order valence-electron chi connectivity index (χ1n) is 30.5. The van der Waals surface area contributed by atoms with Gasteiger partial charge in [0.15, 0.2) is 37.2 Å². The highest BCUT2D eigenvalue weighted by molar-refractivity contribution is 5.19. The summed E-state index contributed by atoms with van der Waals surface area (Å²) in [5.41, 5.74) is -0.531. The van der Waals surface area contributed by atoms with Crippen LogP contribution in [0.1, 0.15) is 79.1 Å². The van der Waals surface area contributed by atoms with Crippen molar-refractivity contribution in [2.75, 3.05) is 39.6 Å². The topological polar surface area (TPSA) is 455 Å². The van der Waals surface area contributed by atoms with Gasteiger partial charge in [0.25, 0.3) is 0 Å². The number of aliphatic hydroxyl groups is 17. The van der Waals surface area contributed by atoms with Gasteiger partial charge in [0, 0.05) is 18.3 Å². The first-order chi connectivity index (χ1) is 40.3. The van der Waals surface area contributed by atoms with Crippen LogP contribution in [-0.4, -0.2) is 304 Å². The second kappa shape index (κ2) is 25.4. The third-order valence-corrected chi connectivity index (χ3v) is 22.2. The average Bonchev–Trinajstić information content (AvgIpc) is 1.59. The molecule has 29 heteroatoms. The fourth-order valence-electron chi connectivity index (χ4n) is 17.4. The molecule has 7 saturated heterocycles. The quantitative estimate of drug-likeness (QED) is 0.0719. The van der Waals surface area contributed by atoms with Gasteiger partial charge < -0.3 is 144 Å². The minimum absolute atomic E-state index is 0.00749. The summed E-state index contributed by atoms with van der Waals surface area (Å²) < 4.78 is 72.8. The van der Waals surface area contributed by atoms with Crippen LogP contribution in [0.15, 0.2) is 0 Å². The Labute approximate surface area is 491 Å². The molecule has 4 saturated carbocycles. The fourth-order valence-corrected chi connectivity index (χ4v) is 17.4. The minimum atomic E-state index is -2.21. The molecule has 7 heterocycles. The van der Waals surface area contributed by atoms with Crippen molar-refractivity contribution >= 4 is 0 Å². The Morgan fingerprint density at radius 3 is 1.67 bits per heavy atom. The second-order valence-corrected chi connectivity index (χ2v) is 26.9. The van der Waals surface area contributed by atoms with E-state index >= 15 is 0 Å². The molecule has 7 aliphatic heterocycles. The van der Waals surface area contributed by atoms with E-state index in [9.17, 15) is 86.8 Å². The molecule has 11 aliphatic rings. The Balaban J connectivity index is 0.797. The van der Waals surface area contributed by atoms with Crippen molar-refractivity contribution in [1.29, 1.82) is 0 Å². The largest absolute Gasteiger partial charge is 0.394 e. The summed E-state index contributed by atoms with van der Waals surface area (Å²) in [6.07, 6.45) is -42.5. The van der Waals surface area contributed by atoms with Gasteiger partial charge in [-0.05, 0) is 85.4 Å². The van der Waals surface area contributed by atoms with Gasteiger partial charge in [-0.15, -0.1) is 0 Å². The lowest BCUT2D eigenvalue weighted by atomic mass is 9.44. The first kappa shape index (κ1) is 65.3. The van der Waals surface area contributed by atoms with Crippen molar-refractivity contribution in [3.8, 4) is 0 Å². The van der Waals surface area contributed by atoms with Crippen LogP contribution in [0, 0.1) is 52.3 Å². The Bertz CT molecular complexity index is 2220. The van der Waals surface area contributed by atoms with Crippen molar-refractivity contribution < 1.29 is 144 Å². The molecule has 85 heavy (non-hydrogen) atoms. The molecule has 0 bridgehead atoms. The predicted octanol–water partition coefficient (Wildman–Crippen LogP) is -6.50. The molecule has 38 atom stereocenters. The standard InChI is InChI=1S/C56H92O29/c1-19-7-10-56(75-17-19)20(2)31-45(85-56)37(67)32-22-6-5-21-11-26(24(61)12-55(21,4)23(22)8-9-54(31,32)3)76-50-42(72)39(69)44(30(16-60)80-50)81-53-48(47(36(66)29(15-59)79-53)83-49-40(70)33(63)25(62)18-74-49)84-52-43(73)46(35(65)28(14-58)78-52)82-51-41(71)38(68)34(64)27(13-57)77-51/h19-53,57-73H,5-18H2,1-4H3/t19-,20-,21+,22-,23+,24-,25-,26+,27-,28-,29-,30-,31+,32-,33+,34-,35+,36-,37+,38+,39-,40-,41-,42-,43-,44-,45-,46+,47+,48-,49+,50-,51+,52+,53+,54-,55+,56+/m1/s1. The zero-order valence-electron chi connectivity index (χ0n) is 48.1. The van der Waals surface area contributed by atoms with Crippen LogP contribution in [-0.2, 0) is 56.8 Å². The smallest absolute Gasteiger partial charge is 0.187 e. The number of rotatable bonds is 14. The molecule has 490 valence electrons. The number of ether oxygens (including phenoxy) is 12. The van der Waals surface area contributed by atoms with E-state index in [2.05, 4.69) is 27.7 Å². The molecule has 0 aromatic carbocycles. The Morgan fingerprint density at radius 2 is 1.01 bits per heavy atom. The molecule has 11 fully saturated rings. The lowest BCUT2D eigenvalue weighted by molar-refractivity contribution is -0.410. The third kappa shape index (κ3) is 11.3. The SMILES string of the molecule is C[C@@H]1CC[C@]2(OC1)O[C@H]1[C@@H](O)[C@H]3[C@@H]4CC[C@H]5C[C@H](O[C@@H]6O[C@H](CO)[C@@H](O[C@@H]7O[C@H](CO)[C@@H](O)[C@H](O[C@@H]8OC[C@@H](O)[C@H](O)[C@H]8O)[C@H]7O[C@@H]7O[C@H](CO)[C@H](O)[C@H](O[C@@H]8O[C@H](CO)[C@@H](O)[C@H](O)[C@H]8O)[C@H]7O)[C@H](O)[C@H]6O)[C@H](O)C[C@]5(C)[C@H]4CC[C@]3(C)[C@H]1[C@H]2C. The van der Waals surface area contributed by atoms with Crippen LogP contribution >= 0.6 is 0 Å². The van der Waals surface area contributed by atoms with Gasteiger partial charge in [0.05, 0.1) is 64.1 Å². The van der Waals surface area contributed by atoms with E-state index in [1.807, 2.05) is 0 Å². The maximum atomic E-state index is 12.3. The zero-order valence-corrected chi connectivity index (χ0v) is 48.1. The van der Waals surface area contributed by atoms with E-state index in [0.29, 0.717) is 25.4 Å². The van der Waals surface area contributed by atoms with E-state index in [0.717, 1.165) is 38.5 Å². The molecule has 0 aromatic rings. The van der Waals surface area contributed by atoms with Crippen LogP contribution in [0.5, 0.6) is 0 Å². The van der Waals surface area contributed by atoms with Gasteiger partial charge in [0.2, 0.25) is 0 Å². The minimum Gasteiger partial charge on any atom is -0.394 e. The monoisotopic (exact) mass is 1230 g/mol. The Morgan fingerprint density at radius 1 is 0.447 bits per heavy atom. The normalized spacial score (nSPS) is 58.1. The van der Waals surface area contributed by atoms with Crippen LogP contribution in [0.4, 0.5) is 0 Å². The molecule has 11 rings (SSSR count). The maximum absolute atomic E-state index is 12.3. The van der Waals surface area contributed by atoms with Gasteiger partial charge in [-0.3, -0.25) is 0 Å². The predicted molar refractivity (Wildman–Crippen MR) is 278 cm³/mol. The highest BCUT2D eigenvalue weighted by Crippen LogP contribution is 2.71. The van der Waals surface area contributed by atoms with Crippen molar-refractivity contribution in [3.05, 3.63) is 0 Å². The van der Waals surface area contributed by atoms with Gasteiger partial charge in [-0.1, -0.05) is 27.7 Å². The lowest BCUT2D eigenvalue weighted by Crippen LogP contribution is -2.69. The summed E-state index contributed by atoms with van der Waals surface area (Å²) in [6.45, 7) is 5.21. The second-order valence-electron chi connectivity index (χ2n) is 26.9. The van der Waals surface area contributed by atoms with Crippen LogP contribution in [0.3, 0.4) is 0 Å². The fraction of sp³-hybridized carbons (Fsp3) is 1.00. The maximum Gasteiger partial charge on any atom is 0.187 e. The molecule has 0 aromatic heterocycles. The summed E-state index contributed by atoms with van der Waals surface area (Å²) in [5, 5.41) is 188. The van der Waals surface area contributed by atoms with Crippen LogP contribution in [0.2, 0.25) is 0 Å². The molecule has 4 aliphatic carbocycles. The summed E-state index contributed by atoms with van der Waals surface area (Å²) in [7, 11) is 0. The summed E-state index contributed by atoms with van der Waals surface area (Å²) >= 11 is 0. The van der Waals surface area contributed by atoms with Crippen molar-refractivity contribution in [2.24, 2.45) is 52.3 Å². The summed E-state index contributed by atoms with van der Waals surface area (Å²) in [5.74, 6) is 0.388. The Kier molecular flexibility index (Phi) is 19.5. The van der Waals surface area contributed by atoms with Gasteiger partial charge in [-0.25, -0.2) is 0 Å². The van der Waals surface area contributed by atoms with Gasteiger partial charge in [-0.2, -0.15) is 0 Å². The van der Waals surface area contributed by atoms with E-state index in [1.165, 1.54) is 0 Å².